The molecule has 0 unspecified atom stereocenters. The maximum Gasteiger partial charge on any atom is 0.416 e. The van der Waals surface area contributed by atoms with E-state index in [1.807, 2.05) is 32.0 Å². The number of alkyl halides is 3. The van der Waals surface area contributed by atoms with E-state index in [9.17, 15) is 18.0 Å². The van der Waals surface area contributed by atoms with Crippen molar-refractivity contribution in [1.29, 1.82) is 0 Å². The summed E-state index contributed by atoms with van der Waals surface area (Å²) in [4.78, 5) is 16.3. The highest BCUT2D eigenvalue weighted by Gasteiger charge is 2.31. The molecule has 4 rings (SSSR count). The molecule has 4 aromatic rings. The van der Waals surface area contributed by atoms with Crippen LogP contribution in [0.25, 0.3) is 17.1 Å². The van der Waals surface area contributed by atoms with Gasteiger partial charge in [0.05, 0.1) is 17.0 Å². The van der Waals surface area contributed by atoms with Crippen molar-refractivity contribution in [3.63, 3.8) is 0 Å². The number of thioether (sulfide) groups is 1. The summed E-state index contributed by atoms with van der Waals surface area (Å²) in [5.74, 6) is 0.514. The van der Waals surface area contributed by atoms with Gasteiger partial charge >= 0.3 is 6.18 Å². The van der Waals surface area contributed by atoms with Crippen LogP contribution in [0.3, 0.4) is 0 Å². The topological polar surface area (TPSA) is 85.8 Å². The van der Waals surface area contributed by atoms with Crippen molar-refractivity contribution in [2.24, 2.45) is 0 Å². The summed E-state index contributed by atoms with van der Waals surface area (Å²) in [5.41, 5.74) is 0.337. The van der Waals surface area contributed by atoms with Crippen LogP contribution in [0.2, 0.25) is 0 Å². The summed E-state index contributed by atoms with van der Waals surface area (Å²) in [5, 5.41) is 11.5. The molecule has 2 aromatic heterocycles. The zero-order chi connectivity index (χ0) is 24.3. The fourth-order valence-corrected chi connectivity index (χ4v) is 3.94. The molecule has 0 saturated carbocycles. The van der Waals surface area contributed by atoms with Gasteiger partial charge in [-0.2, -0.15) is 13.2 Å². The highest BCUT2D eigenvalue weighted by Crippen LogP contribution is 2.34. The van der Waals surface area contributed by atoms with Crippen LogP contribution in [0.4, 0.5) is 13.2 Å². The second-order valence-electron chi connectivity index (χ2n) is 7.60. The number of halogens is 3. The van der Waals surface area contributed by atoms with E-state index in [0.29, 0.717) is 16.5 Å². The zero-order valence-electron chi connectivity index (χ0n) is 18.2. The SMILES string of the molecule is CC(C)NC(=O)c1coc(CSc2nnc(-c3ccccc3)n2-c2cccc(C(F)(F)F)c2)n1. The number of carbonyl (C=O) groups is 1. The second kappa shape index (κ2) is 9.72. The summed E-state index contributed by atoms with van der Waals surface area (Å²) in [6.07, 6.45) is -3.23. The van der Waals surface area contributed by atoms with Gasteiger partial charge in [-0.1, -0.05) is 48.2 Å². The molecule has 0 atom stereocenters. The third kappa shape index (κ3) is 5.30. The zero-order valence-corrected chi connectivity index (χ0v) is 19.0. The van der Waals surface area contributed by atoms with Gasteiger partial charge in [-0.15, -0.1) is 10.2 Å². The summed E-state index contributed by atoms with van der Waals surface area (Å²) in [6.45, 7) is 3.67. The van der Waals surface area contributed by atoms with Crippen LogP contribution in [-0.4, -0.2) is 31.7 Å². The predicted octanol–water partition coefficient (Wildman–Crippen LogP) is 5.37. The largest absolute Gasteiger partial charge is 0.447 e. The van der Waals surface area contributed by atoms with Crippen LogP contribution in [-0.2, 0) is 11.9 Å². The third-order valence-electron chi connectivity index (χ3n) is 4.63. The van der Waals surface area contributed by atoms with Gasteiger partial charge in [-0.25, -0.2) is 4.98 Å². The number of hydrogen-bond acceptors (Lipinski definition) is 6. The normalized spacial score (nSPS) is 11.7. The molecule has 0 aliphatic rings. The number of rotatable bonds is 7. The van der Waals surface area contributed by atoms with Crippen LogP contribution < -0.4 is 5.32 Å². The van der Waals surface area contributed by atoms with Gasteiger partial charge in [0.1, 0.15) is 6.26 Å². The average Bonchev–Trinajstić information content (AvgIpc) is 3.45. The second-order valence-corrected chi connectivity index (χ2v) is 8.54. The Hall–Kier alpha value is -3.60. The number of amides is 1. The van der Waals surface area contributed by atoms with E-state index in [-0.39, 0.29) is 35.0 Å². The van der Waals surface area contributed by atoms with Crippen LogP contribution in [0, 0.1) is 0 Å². The summed E-state index contributed by atoms with van der Waals surface area (Å²) < 4.78 is 47.0. The first kappa shape index (κ1) is 23.6. The first-order valence-corrected chi connectivity index (χ1v) is 11.3. The van der Waals surface area contributed by atoms with Crippen molar-refractivity contribution in [2.75, 3.05) is 0 Å². The Labute approximate surface area is 197 Å². The standard InChI is InChI=1S/C23H20F3N5O2S/c1-14(2)27-21(32)18-12-33-19(28-18)13-34-22-30-29-20(15-7-4-3-5-8-15)31(22)17-10-6-9-16(11-17)23(24,25)26/h3-12,14H,13H2,1-2H3,(H,27,32). The highest BCUT2D eigenvalue weighted by molar-refractivity contribution is 7.98. The van der Waals surface area contributed by atoms with Gasteiger partial charge in [0.25, 0.3) is 5.91 Å². The first-order chi connectivity index (χ1) is 16.2. The Kier molecular flexibility index (Phi) is 6.73. The molecule has 0 saturated heterocycles. The number of aromatic nitrogens is 4. The van der Waals surface area contributed by atoms with Crippen molar-refractivity contribution >= 4 is 17.7 Å². The number of nitrogens with one attached hydrogen (secondary N) is 1. The smallest absolute Gasteiger partial charge is 0.416 e. The van der Waals surface area contributed by atoms with E-state index in [2.05, 4.69) is 20.5 Å². The minimum absolute atomic E-state index is 0.0514. The lowest BCUT2D eigenvalue weighted by molar-refractivity contribution is -0.137. The molecule has 176 valence electrons. The molecule has 0 radical (unpaired) electrons. The Morgan fingerprint density at radius 2 is 1.88 bits per heavy atom. The Bertz CT molecular complexity index is 1290. The molecule has 0 aliphatic heterocycles. The van der Waals surface area contributed by atoms with E-state index < -0.39 is 11.7 Å². The lowest BCUT2D eigenvalue weighted by Crippen LogP contribution is -2.30. The van der Waals surface area contributed by atoms with E-state index in [1.165, 1.54) is 24.1 Å². The van der Waals surface area contributed by atoms with Crippen LogP contribution in [0.15, 0.2) is 70.4 Å². The van der Waals surface area contributed by atoms with E-state index in [4.69, 9.17) is 4.42 Å². The Balaban J connectivity index is 1.66. The first-order valence-electron chi connectivity index (χ1n) is 10.3. The molecule has 0 aliphatic carbocycles. The summed E-state index contributed by atoms with van der Waals surface area (Å²) >= 11 is 1.18. The Morgan fingerprint density at radius 1 is 1.12 bits per heavy atom. The fourth-order valence-electron chi connectivity index (χ4n) is 3.14. The summed E-state index contributed by atoms with van der Waals surface area (Å²) in [7, 11) is 0. The summed E-state index contributed by atoms with van der Waals surface area (Å²) in [6, 6.07) is 14.0. The molecule has 1 N–H and O–H groups in total. The fraction of sp³-hybridized carbons (Fsp3) is 0.217. The van der Waals surface area contributed by atoms with Crippen molar-refractivity contribution in [3.05, 3.63) is 78.0 Å². The van der Waals surface area contributed by atoms with Crippen molar-refractivity contribution in [2.45, 2.75) is 37.0 Å². The molecule has 0 spiro atoms. The van der Waals surface area contributed by atoms with Crippen molar-refractivity contribution in [3.8, 4) is 17.1 Å². The van der Waals surface area contributed by atoms with E-state index in [0.717, 1.165) is 12.1 Å². The van der Waals surface area contributed by atoms with Gasteiger partial charge in [-0.3, -0.25) is 9.36 Å². The lowest BCUT2D eigenvalue weighted by Gasteiger charge is -2.13. The number of nitrogens with zero attached hydrogens (tertiary/aromatic N) is 4. The molecule has 11 heteroatoms. The van der Waals surface area contributed by atoms with Crippen LogP contribution >= 0.6 is 11.8 Å². The molecule has 2 aromatic carbocycles. The van der Waals surface area contributed by atoms with Gasteiger partial charge in [0.2, 0.25) is 5.89 Å². The van der Waals surface area contributed by atoms with E-state index >= 15 is 0 Å². The maximum atomic E-state index is 13.4. The number of oxazole rings is 1. The molecular weight excluding hydrogens is 467 g/mol. The molecule has 0 fully saturated rings. The molecule has 34 heavy (non-hydrogen) atoms. The van der Waals surface area contributed by atoms with Gasteiger partial charge < -0.3 is 9.73 Å². The molecule has 0 bridgehead atoms. The van der Waals surface area contributed by atoms with Crippen LogP contribution in [0.1, 0.15) is 35.8 Å². The maximum absolute atomic E-state index is 13.4. The number of benzene rings is 2. The molecule has 2 heterocycles. The van der Waals surface area contributed by atoms with Gasteiger partial charge in [0.15, 0.2) is 16.7 Å². The Morgan fingerprint density at radius 3 is 2.59 bits per heavy atom. The van der Waals surface area contributed by atoms with Gasteiger partial charge in [0, 0.05) is 11.6 Å². The molecule has 7 nitrogen and oxygen atoms in total. The number of carbonyl (C=O) groups excluding carboxylic acids is 1. The van der Waals surface area contributed by atoms with Crippen molar-refractivity contribution < 1.29 is 22.4 Å². The average molecular weight is 488 g/mol. The lowest BCUT2D eigenvalue weighted by atomic mass is 10.1. The highest BCUT2D eigenvalue weighted by atomic mass is 32.2. The molecule has 1 amide bonds. The van der Waals surface area contributed by atoms with E-state index in [1.54, 1.807) is 22.8 Å². The monoisotopic (exact) mass is 487 g/mol. The quantitative estimate of drug-likeness (QED) is 0.353. The van der Waals surface area contributed by atoms with Gasteiger partial charge in [-0.05, 0) is 32.0 Å². The third-order valence-corrected chi connectivity index (χ3v) is 5.54. The minimum atomic E-state index is -4.49. The van der Waals surface area contributed by atoms with Crippen molar-refractivity contribution in [1.82, 2.24) is 25.1 Å². The minimum Gasteiger partial charge on any atom is -0.447 e. The number of hydrogen-bond donors (Lipinski definition) is 1. The molecular formula is C23H20F3N5O2S. The van der Waals surface area contributed by atoms with Crippen LogP contribution in [0.5, 0.6) is 0 Å². The predicted molar refractivity (Wildman–Crippen MR) is 120 cm³/mol.